The van der Waals surface area contributed by atoms with Crippen molar-refractivity contribution in [3.63, 3.8) is 0 Å². The molecule has 0 aliphatic rings. The quantitative estimate of drug-likeness (QED) is 0.754. The summed E-state index contributed by atoms with van der Waals surface area (Å²) in [5, 5.41) is 0. The van der Waals surface area contributed by atoms with Crippen molar-refractivity contribution in [3.8, 4) is 11.5 Å². The van der Waals surface area contributed by atoms with Gasteiger partial charge in [0.25, 0.3) is 0 Å². The summed E-state index contributed by atoms with van der Waals surface area (Å²) in [6, 6.07) is 15.9. The Bertz CT molecular complexity index is 466. The average molecular weight is 241 g/mol. The standard InChI is InChI=1S/C16H16O2/c1-17-15-9-5-13(6-10-15)3-4-14-7-11-16(18-2)12-8-14/h3-12H,1-2H3/p+1. The zero-order valence-electron chi connectivity index (χ0n) is 11.6. The van der Waals surface area contributed by atoms with Crippen LogP contribution in [0.5, 0.6) is 11.5 Å². The van der Waals surface area contributed by atoms with E-state index in [2.05, 4.69) is 12.2 Å². The van der Waals surface area contributed by atoms with Crippen LogP contribution in [0.2, 0.25) is 0 Å². The maximum absolute atomic E-state index is 5.12. The average Bonchev–Trinajstić information content (AvgIpc) is 2.46. The summed E-state index contributed by atoms with van der Waals surface area (Å²) in [7, 11) is 3.34. The molecule has 0 saturated carbocycles. The van der Waals surface area contributed by atoms with E-state index >= 15 is 0 Å². The zero-order chi connectivity index (χ0) is 12.8. The molecule has 0 fully saturated rings. The first-order valence-corrected chi connectivity index (χ1v) is 5.78. The molecule has 0 atom stereocenters. The summed E-state index contributed by atoms with van der Waals surface area (Å²) in [6.45, 7) is 0. The van der Waals surface area contributed by atoms with Gasteiger partial charge in [0.05, 0.1) is 14.2 Å². The second-order valence-electron chi connectivity index (χ2n) is 3.88. The summed E-state index contributed by atoms with van der Waals surface area (Å²) >= 11 is 0. The summed E-state index contributed by atoms with van der Waals surface area (Å²) in [5.74, 6) is 1.74. The van der Waals surface area contributed by atoms with Crippen LogP contribution in [0, 0.1) is 0 Å². The van der Waals surface area contributed by atoms with E-state index in [-0.39, 0.29) is 1.43 Å². The molecule has 0 saturated heterocycles. The summed E-state index contributed by atoms with van der Waals surface area (Å²) in [4.78, 5) is 0. The molecular formula is C16H17O2+. The highest BCUT2D eigenvalue weighted by Crippen LogP contribution is 2.16. The van der Waals surface area contributed by atoms with E-state index in [0.717, 1.165) is 22.6 Å². The van der Waals surface area contributed by atoms with Crippen LogP contribution in [0.4, 0.5) is 0 Å². The van der Waals surface area contributed by atoms with E-state index in [9.17, 15) is 0 Å². The second kappa shape index (κ2) is 5.92. The largest absolute Gasteiger partial charge is 1.00 e. The van der Waals surface area contributed by atoms with Gasteiger partial charge in [-0.3, -0.25) is 0 Å². The van der Waals surface area contributed by atoms with Crippen LogP contribution in [0.25, 0.3) is 12.2 Å². The van der Waals surface area contributed by atoms with E-state index < -0.39 is 0 Å². The van der Waals surface area contributed by atoms with Gasteiger partial charge in [0.15, 0.2) is 0 Å². The fraction of sp³-hybridized carbons (Fsp3) is 0.125. The predicted molar refractivity (Wildman–Crippen MR) is 76.0 cm³/mol. The van der Waals surface area contributed by atoms with Gasteiger partial charge in [0.2, 0.25) is 0 Å². The van der Waals surface area contributed by atoms with Crippen molar-refractivity contribution < 1.29 is 10.9 Å². The van der Waals surface area contributed by atoms with Crippen molar-refractivity contribution in [2.45, 2.75) is 0 Å². The van der Waals surface area contributed by atoms with Crippen LogP contribution in [0.15, 0.2) is 48.5 Å². The minimum Gasteiger partial charge on any atom is -0.497 e. The van der Waals surface area contributed by atoms with Gasteiger partial charge in [-0.1, -0.05) is 36.4 Å². The lowest BCUT2D eigenvalue weighted by molar-refractivity contribution is 0.414. The van der Waals surface area contributed by atoms with Gasteiger partial charge in [-0.05, 0) is 35.4 Å². The maximum atomic E-state index is 5.12. The molecule has 2 heteroatoms. The number of methoxy groups -OCH3 is 2. The van der Waals surface area contributed by atoms with Gasteiger partial charge in [-0.2, -0.15) is 0 Å². The molecule has 18 heavy (non-hydrogen) atoms. The molecule has 0 heterocycles. The molecule has 92 valence electrons. The summed E-state index contributed by atoms with van der Waals surface area (Å²) in [6.07, 6.45) is 4.14. The SMILES string of the molecule is COc1ccc(C=Cc2ccc(OC)cc2)cc1.[H+]. The molecule has 2 aromatic carbocycles. The first-order chi connectivity index (χ1) is 8.81. The van der Waals surface area contributed by atoms with Crippen LogP contribution >= 0.6 is 0 Å². The maximum Gasteiger partial charge on any atom is 1.00 e. The summed E-state index contributed by atoms with van der Waals surface area (Å²) in [5.41, 5.74) is 2.29. The molecule has 0 spiro atoms. The molecule has 0 radical (unpaired) electrons. The van der Waals surface area contributed by atoms with Gasteiger partial charge in [-0.15, -0.1) is 0 Å². The first-order valence-electron chi connectivity index (χ1n) is 5.78. The second-order valence-corrected chi connectivity index (χ2v) is 3.88. The molecular weight excluding hydrogens is 224 g/mol. The Morgan fingerprint density at radius 3 is 1.28 bits per heavy atom. The molecule has 0 aliphatic carbocycles. The Hall–Kier alpha value is -2.22. The highest BCUT2D eigenvalue weighted by atomic mass is 16.5. The number of hydrogen-bond acceptors (Lipinski definition) is 2. The Balaban J connectivity index is 0.00000180. The summed E-state index contributed by atoms with van der Waals surface area (Å²) < 4.78 is 10.2. The lowest BCUT2D eigenvalue weighted by atomic mass is 10.1. The monoisotopic (exact) mass is 241 g/mol. The molecule has 0 amide bonds. The first kappa shape index (κ1) is 12.2. The smallest absolute Gasteiger partial charge is 0.497 e. The zero-order valence-corrected chi connectivity index (χ0v) is 10.6. The molecule has 0 aromatic heterocycles. The van der Waals surface area contributed by atoms with Gasteiger partial charge >= 0.3 is 1.43 Å². The Kier molecular flexibility index (Phi) is 4.02. The highest BCUT2D eigenvalue weighted by Gasteiger charge is 1.92. The minimum absolute atomic E-state index is 0. The fourth-order valence-corrected chi connectivity index (χ4v) is 1.62. The Morgan fingerprint density at radius 2 is 1.00 bits per heavy atom. The van der Waals surface area contributed by atoms with Crippen molar-refractivity contribution in [2.75, 3.05) is 14.2 Å². The highest BCUT2D eigenvalue weighted by molar-refractivity contribution is 5.70. The third-order valence-electron chi connectivity index (χ3n) is 2.70. The topological polar surface area (TPSA) is 18.5 Å². The van der Waals surface area contributed by atoms with Crippen molar-refractivity contribution in [3.05, 3.63) is 59.7 Å². The number of rotatable bonds is 4. The Morgan fingerprint density at radius 1 is 0.667 bits per heavy atom. The fourth-order valence-electron chi connectivity index (χ4n) is 1.62. The van der Waals surface area contributed by atoms with Crippen LogP contribution in [0.1, 0.15) is 12.6 Å². The van der Waals surface area contributed by atoms with Crippen LogP contribution in [-0.2, 0) is 0 Å². The molecule has 0 bridgehead atoms. The minimum atomic E-state index is 0. The molecule has 2 aromatic rings. The Labute approximate surface area is 109 Å². The van der Waals surface area contributed by atoms with Crippen LogP contribution in [-0.4, -0.2) is 14.2 Å². The predicted octanol–water partition coefficient (Wildman–Crippen LogP) is 3.99. The van der Waals surface area contributed by atoms with Crippen molar-refractivity contribution in [1.29, 1.82) is 0 Å². The third kappa shape index (κ3) is 3.14. The van der Waals surface area contributed by atoms with E-state index in [0.29, 0.717) is 0 Å². The van der Waals surface area contributed by atoms with Crippen molar-refractivity contribution in [2.24, 2.45) is 0 Å². The van der Waals surface area contributed by atoms with Gasteiger partial charge < -0.3 is 9.47 Å². The van der Waals surface area contributed by atoms with Gasteiger partial charge in [0, 0.05) is 0 Å². The molecule has 0 unspecified atom stereocenters. The number of ether oxygens (including phenoxy) is 2. The third-order valence-corrected chi connectivity index (χ3v) is 2.70. The lowest BCUT2D eigenvalue weighted by Gasteiger charge is -2.00. The van der Waals surface area contributed by atoms with E-state index in [4.69, 9.17) is 9.47 Å². The van der Waals surface area contributed by atoms with E-state index in [1.807, 2.05) is 48.5 Å². The van der Waals surface area contributed by atoms with E-state index in [1.165, 1.54) is 0 Å². The van der Waals surface area contributed by atoms with Crippen molar-refractivity contribution >= 4 is 12.2 Å². The van der Waals surface area contributed by atoms with Gasteiger partial charge in [-0.25, -0.2) is 0 Å². The number of hydrogen-bond donors (Lipinski definition) is 0. The van der Waals surface area contributed by atoms with E-state index in [1.54, 1.807) is 14.2 Å². The normalized spacial score (nSPS) is 10.6. The van der Waals surface area contributed by atoms with Gasteiger partial charge in [0.1, 0.15) is 11.5 Å². The molecule has 0 aliphatic heterocycles. The molecule has 2 nitrogen and oxygen atoms in total. The molecule has 2 rings (SSSR count). The van der Waals surface area contributed by atoms with Crippen molar-refractivity contribution in [1.82, 2.24) is 0 Å². The van der Waals surface area contributed by atoms with Crippen LogP contribution in [0.3, 0.4) is 0 Å². The molecule has 0 N–H and O–H groups in total. The lowest BCUT2D eigenvalue weighted by Crippen LogP contribution is -1.82. The number of benzene rings is 2. The van der Waals surface area contributed by atoms with Crippen LogP contribution < -0.4 is 9.47 Å².